The molecular formula is C5H10N4O. The second kappa shape index (κ2) is 4.37. The van der Waals surface area contributed by atoms with E-state index in [0.717, 1.165) is 6.21 Å². The van der Waals surface area contributed by atoms with Gasteiger partial charge in [0, 0.05) is 7.05 Å². The van der Waals surface area contributed by atoms with E-state index in [0.29, 0.717) is 0 Å². The SMILES string of the molecule is C=C(O)C=NNC(N)=NC. The fourth-order valence-corrected chi connectivity index (χ4v) is 0.223. The Morgan fingerprint density at radius 2 is 2.40 bits per heavy atom. The first kappa shape index (κ1) is 8.48. The summed E-state index contributed by atoms with van der Waals surface area (Å²) < 4.78 is 0. The van der Waals surface area contributed by atoms with Gasteiger partial charge < -0.3 is 10.8 Å². The molecule has 0 bridgehead atoms. The van der Waals surface area contributed by atoms with E-state index in [2.05, 4.69) is 22.1 Å². The summed E-state index contributed by atoms with van der Waals surface area (Å²) >= 11 is 0. The Morgan fingerprint density at radius 3 is 2.80 bits per heavy atom. The van der Waals surface area contributed by atoms with Gasteiger partial charge in [0.15, 0.2) is 0 Å². The lowest BCUT2D eigenvalue weighted by molar-refractivity contribution is 0.448. The van der Waals surface area contributed by atoms with Gasteiger partial charge in [-0.05, 0) is 0 Å². The summed E-state index contributed by atoms with van der Waals surface area (Å²) in [6.07, 6.45) is 1.12. The third-order valence-corrected chi connectivity index (χ3v) is 0.634. The lowest BCUT2D eigenvalue weighted by Gasteiger charge is -1.94. The van der Waals surface area contributed by atoms with E-state index in [1.807, 2.05) is 0 Å². The molecule has 5 heteroatoms. The number of aliphatic imine (C=N–C) groups is 1. The van der Waals surface area contributed by atoms with Crippen molar-refractivity contribution < 1.29 is 5.11 Å². The first-order valence-electron chi connectivity index (χ1n) is 2.56. The zero-order chi connectivity index (χ0) is 7.98. The standard InChI is InChI=1S/C5H10N4O/c1-4(10)3-8-9-5(6)7-2/h3,10H,1H2,2H3,(H3,6,7,9). The van der Waals surface area contributed by atoms with Crippen LogP contribution in [-0.4, -0.2) is 24.3 Å². The normalized spacial score (nSPS) is 11.9. The third kappa shape index (κ3) is 4.63. The number of nitrogens with zero attached hydrogens (tertiary/aromatic N) is 2. The van der Waals surface area contributed by atoms with Gasteiger partial charge in [0.2, 0.25) is 5.96 Å². The Hall–Kier alpha value is -1.52. The molecule has 0 rings (SSSR count). The smallest absolute Gasteiger partial charge is 0.209 e. The van der Waals surface area contributed by atoms with Crippen molar-refractivity contribution in [2.75, 3.05) is 7.05 Å². The van der Waals surface area contributed by atoms with Crippen molar-refractivity contribution in [2.24, 2.45) is 15.8 Å². The number of hydrazone groups is 1. The van der Waals surface area contributed by atoms with Crippen molar-refractivity contribution >= 4 is 12.2 Å². The van der Waals surface area contributed by atoms with Gasteiger partial charge in [-0.2, -0.15) is 5.10 Å². The van der Waals surface area contributed by atoms with Gasteiger partial charge in [-0.15, -0.1) is 0 Å². The summed E-state index contributed by atoms with van der Waals surface area (Å²) in [5.74, 6) is 0.0360. The predicted molar refractivity (Wildman–Crippen MR) is 40.9 cm³/mol. The number of hydrogen-bond acceptors (Lipinski definition) is 3. The lowest BCUT2D eigenvalue weighted by Crippen LogP contribution is -2.26. The average molecular weight is 142 g/mol. The molecule has 10 heavy (non-hydrogen) atoms. The molecule has 0 aliphatic carbocycles. The number of nitrogens with two attached hydrogens (primary N) is 1. The minimum atomic E-state index is -0.142. The highest BCUT2D eigenvalue weighted by Gasteiger charge is 1.81. The van der Waals surface area contributed by atoms with Crippen LogP contribution in [-0.2, 0) is 0 Å². The van der Waals surface area contributed by atoms with Crippen LogP contribution in [0.3, 0.4) is 0 Å². The van der Waals surface area contributed by atoms with Crippen LogP contribution in [0.4, 0.5) is 0 Å². The molecule has 0 aromatic heterocycles. The quantitative estimate of drug-likeness (QED) is 0.212. The minimum Gasteiger partial charge on any atom is -0.507 e. The van der Waals surface area contributed by atoms with Crippen LogP contribution in [0.25, 0.3) is 0 Å². The maximum absolute atomic E-state index is 8.47. The monoisotopic (exact) mass is 142 g/mol. The topological polar surface area (TPSA) is 83.0 Å². The van der Waals surface area contributed by atoms with Gasteiger partial charge in [0.1, 0.15) is 5.76 Å². The van der Waals surface area contributed by atoms with Crippen LogP contribution in [0.1, 0.15) is 0 Å². The molecule has 5 nitrogen and oxygen atoms in total. The van der Waals surface area contributed by atoms with Crippen molar-refractivity contribution in [3.8, 4) is 0 Å². The van der Waals surface area contributed by atoms with Gasteiger partial charge in [0.25, 0.3) is 0 Å². The fourth-order valence-electron chi connectivity index (χ4n) is 0.223. The largest absolute Gasteiger partial charge is 0.507 e. The zero-order valence-electron chi connectivity index (χ0n) is 5.70. The number of aliphatic hydroxyl groups is 1. The molecule has 0 aliphatic rings. The van der Waals surface area contributed by atoms with E-state index < -0.39 is 0 Å². The number of nitrogens with one attached hydrogen (secondary N) is 1. The highest BCUT2D eigenvalue weighted by atomic mass is 16.3. The van der Waals surface area contributed by atoms with Crippen LogP contribution in [0.15, 0.2) is 22.4 Å². The van der Waals surface area contributed by atoms with Crippen molar-refractivity contribution in [3.63, 3.8) is 0 Å². The lowest BCUT2D eigenvalue weighted by atomic mass is 10.6. The second-order valence-electron chi connectivity index (χ2n) is 1.47. The van der Waals surface area contributed by atoms with Crippen molar-refractivity contribution in [1.29, 1.82) is 0 Å². The van der Waals surface area contributed by atoms with Crippen LogP contribution >= 0.6 is 0 Å². The van der Waals surface area contributed by atoms with Gasteiger partial charge >= 0.3 is 0 Å². The molecule has 0 spiro atoms. The Balaban J connectivity index is 3.64. The van der Waals surface area contributed by atoms with E-state index in [4.69, 9.17) is 10.8 Å². The van der Waals surface area contributed by atoms with E-state index in [1.54, 1.807) is 0 Å². The van der Waals surface area contributed by atoms with Crippen molar-refractivity contribution in [2.45, 2.75) is 0 Å². The molecule has 0 atom stereocenters. The summed E-state index contributed by atoms with van der Waals surface area (Å²) in [6.45, 7) is 3.16. The molecule has 0 amide bonds. The summed E-state index contributed by atoms with van der Waals surface area (Å²) in [5, 5.41) is 11.9. The van der Waals surface area contributed by atoms with Gasteiger partial charge in [-0.1, -0.05) is 6.58 Å². The number of aliphatic hydroxyl groups excluding tert-OH is 1. The summed E-state index contributed by atoms with van der Waals surface area (Å²) in [7, 11) is 1.52. The summed E-state index contributed by atoms with van der Waals surface area (Å²) in [4.78, 5) is 3.54. The van der Waals surface area contributed by atoms with Crippen LogP contribution in [0, 0.1) is 0 Å². The van der Waals surface area contributed by atoms with Gasteiger partial charge in [-0.25, -0.2) is 5.43 Å². The Morgan fingerprint density at radius 1 is 1.80 bits per heavy atom. The van der Waals surface area contributed by atoms with Crippen LogP contribution in [0.5, 0.6) is 0 Å². The summed E-state index contributed by atoms with van der Waals surface area (Å²) in [5.41, 5.74) is 7.51. The van der Waals surface area contributed by atoms with E-state index in [9.17, 15) is 0 Å². The molecule has 56 valence electrons. The van der Waals surface area contributed by atoms with Crippen molar-refractivity contribution in [3.05, 3.63) is 12.3 Å². The highest BCUT2D eigenvalue weighted by molar-refractivity contribution is 5.80. The number of hydrogen-bond donors (Lipinski definition) is 3. The molecular weight excluding hydrogens is 132 g/mol. The highest BCUT2D eigenvalue weighted by Crippen LogP contribution is 1.70. The molecule has 0 aromatic rings. The number of allylic oxidation sites excluding steroid dienone is 1. The average Bonchev–Trinajstić information content (AvgIpc) is 1.87. The Bertz CT molecular complexity index is 172. The first-order valence-corrected chi connectivity index (χ1v) is 2.56. The molecule has 0 saturated heterocycles. The molecule has 4 N–H and O–H groups in total. The number of rotatable bonds is 2. The van der Waals surface area contributed by atoms with E-state index >= 15 is 0 Å². The van der Waals surface area contributed by atoms with Gasteiger partial charge in [-0.3, -0.25) is 4.99 Å². The van der Waals surface area contributed by atoms with Crippen molar-refractivity contribution in [1.82, 2.24) is 5.43 Å². The fraction of sp³-hybridized carbons (Fsp3) is 0.200. The first-order chi connectivity index (χ1) is 4.66. The Kier molecular flexibility index (Phi) is 3.70. The molecule has 0 fully saturated rings. The van der Waals surface area contributed by atoms with Crippen LogP contribution < -0.4 is 11.2 Å². The van der Waals surface area contributed by atoms with E-state index in [-0.39, 0.29) is 11.7 Å². The maximum Gasteiger partial charge on any atom is 0.209 e. The molecule has 0 heterocycles. The molecule has 0 unspecified atom stereocenters. The maximum atomic E-state index is 8.47. The number of guanidine groups is 1. The second-order valence-corrected chi connectivity index (χ2v) is 1.47. The molecule has 0 aliphatic heterocycles. The molecule has 0 radical (unpaired) electrons. The summed E-state index contributed by atoms with van der Waals surface area (Å²) in [6, 6.07) is 0. The van der Waals surface area contributed by atoms with Crippen LogP contribution in [0.2, 0.25) is 0 Å². The predicted octanol–water partition coefficient (Wildman–Crippen LogP) is -0.422. The third-order valence-electron chi connectivity index (χ3n) is 0.634. The zero-order valence-corrected chi connectivity index (χ0v) is 5.70. The molecule has 0 saturated carbocycles. The molecule has 0 aromatic carbocycles. The Labute approximate surface area is 59.0 Å². The van der Waals surface area contributed by atoms with Gasteiger partial charge in [0.05, 0.1) is 6.21 Å². The minimum absolute atomic E-state index is 0.142. The van der Waals surface area contributed by atoms with E-state index in [1.165, 1.54) is 7.05 Å².